The van der Waals surface area contributed by atoms with Crippen LogP contribution in [0.5, 0.6) is 0 Å². The molecule has 0 atom stereocenters. The summed E-state index contributed by atoms with van der Waals surface area (Å²) in [6.45, 7) is 3.96. The predicted molar refractivity (Wildman–Crippen MR) is 97.6 cm³/mol. The quantitative estimate of drug-likeness (QED) is 0.858. The molecule has 1 aliphatic heterocycles. The maximum absolute atomic E-state index is 13.0. The first kappa shape index (κ1) is 17.0. The Bertz CT molecular complexity index is 850. The highest BCUT2D eigenvalue weighted by Crippen LogP contribution is 2.33. The van der Waals surface area contributed by atoms with Crippen molar-refractivity contribution < 1.29 is 14.3 Å². The van der Waals surface area contributed by atoms with Gasteiger partial charge in [-0.15, -0.1) is 0 Å². The average molecular weight is 335 g/mol. The fourth-order valence-corrected chi connectivity index (χ4v) is 3.25. The molecule has 0 radical (unpaired) electrons. The number of amides is 1. The van der Waals surface area contributed by atoms with Crippen LogP contribution in [0, 0.1) is 0 Å². The molecule has 0 saturated heterocycles. The number of ether oxygens (including phenoxy) is 1. The SMILES string of the molecule is COC(=O)/C1=C(\c2ccccc2)C(=O)NC(C)(C)Cc2ccccc21. The lowest BCUT2D eigenvalue weighted by atomic mass is 9.83. The average Bonchev–Trinajstić information content (AvgIpc) is 2.58. The fourth-order valence-electron chi connectivity index (χ4n) is 3.25. The number of fused-ring (bicyclic) bond motifs is 1. The van der Waals surface area contributed by atoms with Crippen molar-refractivity contribution in [1.29, 1.82) is 0 Å². The van der Waals surface area contributed by atoms with E-state index in [2.05, 4.69) is 5.32 Å². The van der Waals surface area contributed by atoms with E-state index < -0.39 is 11.5 Å². The number of rotatable bonds is 2. The van der Waals surface area contributed by atoms with Crippen molar-refractivity contribution in [2.75, 3.05) is 7.11 Å². The van der Waals surface area contributed by atoms with Crippen LogP contribution in [0.3, 0.4) is 0 Å². The number of hydrogen-bond donors (Lipinski definition) is 1. The predicted octanol–water partition coefficient (Wildman–Crippen LogP) is 3.22. The smallest absolute Gasteiger partial charge is 0.339 e. The number of hydrogen-bond acceptors (Lipinski definition) is 3. The first-order valence-electron chi connectivity index (χ1n) is 8.22. The Morgan fingerprint density at radius 2 is 1.68 bits per heavy atom. The highest BCUT2D eigenvalue weighted by molar-refractivity contribution is 6.39. The van der Waals surface area contributed by atoms with E-state index >= 15 is 0 Å². The van der Waals surface area contributed by atoms with Crippen LogP contribution >= 0.6 is 0 Å². The van der Waals surface area contributed by atoms with Crippen molar-refractivity contribution in [3.05, 3.63) is 71.3 Å². The molecule has 4 heteroatoms. The lowest BCUT2D eigenvalue weighted by molar-refractivity contribution is -0.133. The number of nitrogens with one attached hydrogen (secondary N) is 1. The van der Waals surface area contributed by atoms with Gasteiger partial charge in [-0.2, -0.15) is 0 Å². The van der Waals surface area contributed by atoms with Gasteiger partial charge in [0.1, 0.15) is 0 Å². The van der Waals surface area contributed by atoms with Crippen LogP contribution in [0.25, 0.3) is 11.1 Å². The minimum atomic E-state index is -0.513. The third-order valence-corrected chi connectivity index (χ3v) is 4.30. The first-order chi connectivity index (χ1) is 11.9. The van der Waals surface area contributed by atoms with Gasteiger partial charge < -0.3 is 10.1 Å². The van der Waals surface area contributed by atoms with Crippen molar-refractivity contribution >= 4 is 23.0 Å². The normalized spacial score (nSPS) is 19.2. The molecule has 0 fully saturated rings. The summed E-state index contributed by atoms with van der Waals surface area (Å²) in [5.41, 5.74) is 2.64. The molecular formula is C21H21NO3. The second kappa shape index (κ2) is 6.55. The van der Waals surface area contributed by atoms with Gasteiger partial charge in [0.15, 0.2) is 0 Å². The van der Waals surface area contributed by atoms with Crippen LogP contribution in [0.4, 0.5) is 0 Å². The fraction of sp³-hybridized carbons (Fsp3) is 0.238. The Kier molecular flexibility index (Phi) is 4.45. The van der Waals surface area contributed by atoms with Crippen molar-refractivity contribution in [2.45, 2.75) is 25.8 Å². The third kappa shape index (κ3) is 3.33. The third-order valence-electron chi connectivity index (χ3n) is 4.30. The van der Waals surface area contributed by atoms with Crippen LogP contribution in [0.1, 0.15) is 30.5 Å². The molecule has 3 rings (SSSR count). The Labute approximate surface area is 147 Å². The molecule has 1 aliphatic rings. The van der Waals surface area contributed by atoms with E-state index in [1.807, 2.05) is 68.4 Å². The molecule has 128 valence electrons. The molecule has 25 heavy (non-hydrogen) atoms. The van der Waals surface area contributed by atoms with Crippen LogP contribution < -0.4 is 5.32 Å². The van der Waals surface area contributed by atoms with Crippen LogP contribution in [0.2, 0.25) is 0 Å². The molecule has 2 aromatic carbocycles. The Balaban J connectivity index is 2.38. The van der Waals surface area contributed by atoms with E-state index in [0.29, 0.717) is 23.1 Å². The Morgan fingerprint density at radius 3 is 2.36 bits per heavy atom. The zero-order valence-electron chi connectivity index (χ0n) is 14.6. The van der Waals surface area contributed by atoms with E-state index in [1.54, 1.807) is 0 Å². The largest absolute Gasteiger partial charge is 0.465 e. The van der Waals surface area contributed by atoms with Gasteiger partial charge in [-0.05, 0) is 37.0 Å². The number of carbonyl (C=O) groups is 2. The number of benzene rings is 2. The van der Waals surface area contributed by atoms with Gasteiger partial charge in [-0.3, -0.25) is 4.79 Å². The summed E-state index contributed by atoms with van der Waals surface area (Å²) in [4.78, 5) is 25.7. The molecule has 1 heterocycles. The summed E-state index contributed by atoms with van der Waals surface area (Å²) in [5, 5.41) is 3.05. The van der Waals surface area contributed by atoms with Gasteiger partial charge in [0.25, 0.3) is 5.91 Å². The zero-order valence-corrected chi connectivity index (χ0v) is 14.6. The molecule has 1 N–H and O–H groups in total. The Hall–Kier alpha value is -2.88. The molecule has 1 amide bonds. The molecule has 0 aromatic heterocycles. The minimum absolute atomic E-state index is 0.272. The molecule has 2 aromatic rings. The summed E-state index contributed by atoms with van der Waals surface area (Å²) < 4.78 is 5.02. The van der Waals surface area contributed by atoms with Gasteiger partial charge in [0, 0.05) is 5.54 Å². The van der Waals surface area contributed by atoms with Gasteiger partial charge in [0.05, 0.1) is 18.3 Å². The van der Waals surface area contributed by atoms with Gasteiger partial charge in [-0.1, -0.05) is 54.6 Å². The van der Waals surface area contributed by atoms with Gasteiger partial charge in [-0.25, -0.2) is 4.79 Å². The second-order valence-corrected chi connectivity index (χ2v) is 6.78. The molecule has 0 bridgehead atoms. The molecule has 4 nitrogen and oxygen atoms in total. The van der Waals surface area contributed by atoms with Crippen LogP contribution in [0.15, 0.2) is 54.6 Å². The monoisotopic (exact) mass is 335 g/mol. The van der Waals surface area contributed by atoms with Gasteiger partial charge in [0.2, 0.25) is 0 Å². The lowest BCUT2D eigenvalue weighted by Crippen LogP contribution is -2.46. The maximum atomic E-state index is 13.0. The van der Waals surface area contributed by atoms with Crippen molar-refractivity contribution in [2.24, 2.45) is 0 Å². The van der Waals surface area contributed by atoms with Crippen LogP contribution in [-0.2, 0) is 20.7 Å². The summed E-state index contributed by atoms with van der Waals surface area (Å²) in [7, 11) is 1.33. The number of methoxy groups -OCH3 is 1. The maximum Gasteiger partial charge on any atom is 0.339 e. The molecular weight excluding hydrogens is 314 g/mol. The first-order valence-corrected chi connectivity index (χ1v) is 8.22. The lowest BCUT2D eigenvalue weighted by Gasteiger charge is -2.31. The molecule has 0 saturated carbocycles. The van der Waals surface area contributed by atoms with E-state index in [9.17, 15) is 9.59 Å². The van der Waals surface area contributed by atoms with E-state index in [4.69, 9.17) is 4.74 Å². The second-order valence-electron chi connectivity index (χ2n) is 6.78. The summed E-state index contributed by atoms with van der Waals surface area (Å²) >= 11 is 0. The number of esters is 1. The zero-order chi connectivity index (χ0) is 18.0. The van der Waals surface area contributed by atoms with Crippen molar-refractivity contribution in [3.63, 3.8) is 0 Å². The van der Waals surface area contributed by atoms with Gasteiger partial charge >= 0.3 is 5.97 Å². The van der Waals surface area contributed by atoms with Crippen LogP contribution in [-0.4, -0.2) is 24.5 Å². The summed E-state index contributed by atoms with van der Waals surface area (Å²) in [6, 6.07) is 16.9. The highest BCUT2D eigenvalue weighted by Gasteiger charge is 2.33. The molecule has 0 unspecified atom stereocenters. The van der Waals surface area contributed by atoms with E-state index in [1.165, 1.54) is 7.11 Å². The summed E-state index contributed by atoms with van der Waals surface area (Å²) in [5.74, 6) is -0.785. The van der Waals surface area contributed by atoms with Crippen molar-refractivity contribution in [3.8, 4) is 0 Å². The molecule has 0 aliphatic carbocycles. The molecule has 0 spiro atoms. The van der Waals surface area contributed by atoms with E-state index in [0.717, 1.165) is 11.1 Å². The standard InChI is InChI=1S/C21H21NO3/c1-21(2)13-15-11-7-8-12-16(15)18(20(24)25-3)17(19(23)22-21)14-9-5-4-6-10-14/h4-12H,13H2,1-3H3,(H,22,23)/b18-17+. The van der Waals surface area contributed by atoms with Crippen molar-refractivity contribution in [1.82, 2.24) is 5.32 Å². The highest BCUT2D eigenvalue weighted by atomic mass is 16.5. The minimum Gasteiger partial charge on any atom is -0.465 e. The summed E-state index contributed by atoms with van der Waals surface area (Å²) in [6.07, 6.45) is 0.622. The number of carbonyl (C=O) groups excluding carboxylic acids is 2. The topological polar surface area (TPSA) is 55.4 Å². The Morgan fingerprint density at radius 1 is 1.04 bits per heavy atom. The van der Waals surface area contributed by atoms with E-state index in [-0.39, 0.29) is 5.91 Å².